The van der Waals surface area contributed by atoms with Gasteiger partial charge in [0, 0.05) is 18.9 Å². The second kappa shape index (κ2) is 11.9. The number of pyridine rings is 1. The van der Waals surface area contributed by atoms with E-state index in [1.54, 1.807) is 48.8 Å². The minimum absolute atomic E-state index is 0.00304. The van der Waals surface area contributed by atoms with Crippen molar-refractivity contribution in [2.24, 2.45) is 0 Å². The van der Waals surface area contributed by atoms with Crippen LogP contribution in [-0.4, -0.2) is 39.9 Å². The van der Waals surface area contributed by atoms with Crippen LogP contribution in [0.2, 0.25) is 0 Å². The number of aliphatic hydroxyl groups is 1. The Hall–Kier alpha value is -4.65. The third-order valence-corrected chi connectivity index (χ3v) is 5.81. The van der Waals surface area contributed by atoms with E-state index in [0.717, 1.165) is 11.1 Å². The SMILES string of the molecule is C=CCOc1ccc(C2C(C(=O)/C=C/c3ccccc3)=C(O)C(=O)N2Cc2cccnc2)cc1OCC. The third-order valence-electron chi connectivity index (χ3n) is 5.81. The van der Waals surface area contributed by atoms with Crippen LogP contribution in [0.3, 0.4) is 0 Å². The Bertz CT molecular complexity index is 1330. The summed E-state index contributed by atoms with van der Waals surface area (Å²) < 4.78 is 11.5. The molecular formula is C30H28N2O5. The van der Waals surface area contributed by atoms with E-state index in [4.69, 9.17) is 9.47 Å². The molecule has 1 aromatic heterocycles. The van der Waals surface area contributed by atoms with E-state index in [9.17, 15) is 14.7 Å². The number of aliphatic hydroxyl groups excluding tert-OH is 1. The molecule has 4 rings (SSSR count). The fraction of sp³-hybridized carbons (Fsp3) is 0.167. The number of rotatable bonds is 11. The zero-order valence-electron chi connectivity index (χ0n) is 20.5. The average Bonchev–Trinajstić information content (AvgIpc) is 3.17. The van der Waals surface area contributed by atoms with Gasteiger partial charge in [0.1, 0.15) is 6.61 Å². The van der Waals surface area contributed by atoms with Crippen molar-refractivity contribution < 1.29 is 24.2 Å². The predicted molar refractivity (Wildman–Crippen MR) is 141 cm³/mol. The predicted octanol–water partition coefficient (Wildman–Crippen LogP) is 5.22. The summed E-state index contributed by atoms with van der Waals surface area (Å²) in [5.74, 6) is -0.678. The fourth-order valence-corrected chi connectivity index (χ4v) is 4.16. The first kappa shape index (κ1) is 25.4. The van der Waals surface area contributed by atoms with Crippen molar-refractivity contribution in [3.8, 4) is 11.5 Å². The Kier molecular flexibility index (Phi) is 8.15. The Labute approximate surface area is 216 Å². The molecule has 2 heterocycles. The van der Waals surface area contributed by atoms with Gasteiger partial charge in [-0.05, 0) is 47.9 Å². The molecule has 1 atom stereocenters. The van der Waals surface area contributed by atoms with E-state index in [-0.39, 0.29) is 12.1 Å². The number of nitrogens with zero attached hydrogens (tertiary/aromatic N) is 2. The maximum absolute atomic E-state index is 13.4. The van der Waals surface area contributed by atoms with Gasteiger partial charge in [-0.25, -0.2) is 0 Å². The van der Waals surface area contributed by atoms with Gasteiger partial charge in [0.25, 0.3) is 5.91 Å². The highest BCUT2D eigenvalue weighted by Crippen LogP contribution is 2.41. The maximum Gasteiger partial charge on any atom is 0.290 e. The average molecular weight is 497 g/mol. The quantitative estimate of drug-likeness (QED) is 0.289. The number of allylic oxidation sites excluding steroid dienone is 1. The molecule has 7 heteroatoms. The number of ketones is 1. The van der Waals surface area contributed by atoms with Gasteiger partial charge in [-0.15, -0.1) is 0 Å². The van der Waals surface area contributed by atoms with E-state index in [0.29, 0.717) is 30.3 Å². The van der Waals surface area contributed by atoms with Crippen LogP contribution in [0, 0.1) is 0 Å². The normalized spacial score (nSPS) is 15.3. The highest BCUT2D eigenvalue weighted by molar-refractivity contribution is 6.14. The molecule has 188 valence electrons. The molecule has 0 saturated carbocycles. The first-order chi connectivity index (χ1) is 18.0. The molecular weight excluding hydrogens is 468 g/mol. The summed E-state index contributed by atoms with van der Waals surface area (Å²) in [5.41, 5.74) is 2.19. The molecule has 1 aliphatic heterocycles. The van der Waals surface area contributed by atoms with Gasteiger partial charge in [-0.2, -0.15) is 0 Å². The largest absolute Gasteiger partial charge is 0.503 e. The van der Waals surface area contributed by atoms with Crippen LogP contribution in [0.25, 0.3) is 6.08 Å². The fourth-order valence-electron chi connectivity index (χ4n) is 4.16. The number of hydrogen-bond donors (Lipinski definition) is 1. The number of amides is 1. The molecule has 7 nitrogen and oxygen atoms in total. The van der Waals surface area contributed by atoms with Crippen molar-refractivity contribution in [3.63, 3.8) is 0 Å². The Balaban J connectivity index is 1.76. The molecule has 1 aliphatic rings. The van der Waals surface area contributed by atoms with Crippen molar-refractivity contribution >= 4 is 17.8 Å². The monoisotopic (exact) mass is 496 g/mol. The first-order valence-corrected chi connectivity index (χ1v) is 11.9. The highest BCUT2D eigenvalue weighted by atomic mass is 16.5. The van der Waals surface area contributed by atoms with Crippen molar-refractivity contribution in [1.29, 1.82) is 0 Å². The van der Waals surface area contributed by atoms with Crippen molar-refractivity contribution in [1.82, 2.24) is 9.88 Å². The van der Waals surface area contributed by atoms with Crippen LogP contribution in [0.15, 0.2) is 103 Å². The summed E-state index contributed by atoms with van der Waals surface area (Å²) >= 11 is 0. The summed E-state index contributed by atoms with van der Waals surface area (Å²) in [6.07, 6.45) is 7.95. The van der Waals surface area contributed by atoms with Gasteiger partial charge in [-0.1, -0.05) is 61.2 Å². The molecule has 0 saturated heterocycles. The van der Waals surface area contributed by atoms with Crippen LogP contribution in [0.4, 0.5) is 0 Å². The van der Waals surface area contributed by atoms with Gasteiger partial charge in [0.2, 0.25) is 0 Å². The van der Waals surface area contributed by atoms with E-state index in [1.807, 2.05) is 43.3 Å². The lowest BCUT2D eigenvalue weighted by Crippen LogP contribution is -2.30. The Morgan fingerprint density at radius 3 is 2.62 bits per heavy atom. The maximum atomic E-state index is 13.4. The molecule has 1 unspecified atom stereocenters. The Morgan fingerprint density at radius 1 is 1.11 bits per heavy atom. The minimum Gasteiger partial charge on any atom is -0.503 e. The summed E-state index contributed by atoms with van der Waals surface area (Å²) in [5, 5.41) is 10.9. The zero-order valence-corrected chi connectivity index (χ0v) is 20.5. The van der Waals surface area contributed by atoms with Gasteiger partial charge < -0.3 is 19.5 Å². The summed E-state index contributed by atoms with van der Waals surface area (Å²) in [7, 11) is 0. The van der Waals surface area contributed by atoms with E-state index in [1.165, 1.54) is 11.0 Å². The number of aromatic nitrogens is 1. The number of carbonyl (C=O) groups is 2. The Morgan fingerprint density at radius 2 is 1.92 bits per heavy atom. The van der Waals surface area contributed by atoms with Gasteiger partial charge in [0.15, 0.2) is 23.0 Å². The number of benzene rings is 2. The lowest BCUT2D eigenvalue weighted by Gasteiger charge is -2.27. The lowest BCUT2D eigenvalue weighted by molar-refractivity contribution is -0.130. The van der Waals surface area contributed by atoms with Crippen molar-refractivity contribution in [2.45, 2.75) is 19.5 Å². The molecule has 3 aromatic rings. The van der Waals surface area contributed by atoms with Gasteiger partial charge in [0.05, 0.1) is 18.2 Å². The van der Waals surface area contributed by atoms with Crippen LogP contribution in [0.1, 0.15) is 29.7 Å². The van der Waals surface area contributed by atoms with Crippen molar-refractivity contribution in [2.75, 3.05) is 13.2 Å². The number of hydrogen-bond acceptors (Lipinski definition) is 6. The van der Waals surface area contributed by atoms with Crippen molar-refractivity contribution in [3.05, 3.63) is 120 Å². The summed E-state index contributed by atoms with van der Waals surface area (Å²) in [6.45, 7) is 6.37. The minimum atomic E-state index is -0.840. The molecule has 0 radical (unpaired) electrons. The van der Waals surface area contributed by atoms with E-state index < -0.39 is 23.5 Å². The van der Waals surface area contributed by atoms with E-state index >= 15 is 0 Å². The molecule has 1 amide bonds. The molecule has 0 aliphatic carbocycles. The standard InChI is InChI=1S/C30H28N2O5/c1-3-17-37-25-15-13-23(18-26(25)36-4-2)28-27(24(33)14-12-21-9-6-5-7-10-21)29(34)30(35)32(28)20-22-11-8-16-31-19-22/h3,5-16,18-19,28,34H,1,4,17,20H2,2H3/b14-12+. The smallest absolute Gasteiger partial charge is 0.290 e. The summed E-state index contributed by atoms with van der Waals surface area (Å²) in [4.78, 5) is 32.3. The molecule has 37 heavy (non-hydrogen) atoms. The highest BCUT2D eigenvalue weighted by Gasteiger charge is 2.43. The van der Waals surface area contributed by atoms with Crippen LogP contribution < -0.4 is 9.47 Å². The molecule has 0 spiro atoms. The van der Waals surface area contributed by atoms with Crippen LogP contribution in [-0.2, 0) is 16.1 Å². The molecule has 1 N–H and O–H groups in total. The number of carbonyl (C=O) groups excluding carboxylic acids is 2. The number of ether oxygens (including phenoxy) is 2. The summed E-state index contributed by atoms with van der Waals surface area (Å²) in [6, 6.07) is 17.3. The van der Waals surface area contributed by atoms with E-state index in [2.05, 4.69) is 11.6 Å². The molecule has 0 bridgehead atoms. The van der Waals surface area contributed by atoms with Gasteiger partial charge >= 0.3 is 0 Å². The zero-order chi connectivity index (χ0) is 26.2. The topological polar surface area (TPSA) is 89.0 Å². The lowest BCUT2D eigenvalue weighted by atomic mass is 9.95. The second-order valence-electron chi connectivity index (χ2n) is 8.31. The molecule has 2 aromatic carbocycles. The van der Waals surface area contributed by atoms with Crippen LogP contribution in [0.5, 0.6) is 11.5 Å². The van der Waals surface area contributed by atoms with Crippen LogP contribution >= 0.6 is 0 Å². The second-order valence-corrected chi connectivity index (χ2v) is 8.31. The third kappa shape index (κ3) is 5.78. The molecule has 0 fully saturated rings. The van der Waals surface area contributed by atoms with Gasteiger partial charge in [-0.3, -0.25) is 14.6 Å². The first-order valence-electron chi connectivity index (χ1n) is 11.9.